The smallest absolute Gasteiger partial charge is 0.417 e. The summed E-state index contributed by atoms with van der Waals surface area (Å²) in [5, 5.41) is 10.4. The Hall–Kier alpha value is -3.53. The fourth-order valence-electron chi connectivity index (χ4n) is 3.02. The minimum Gasteiger partial charge on any atom is -0.443 e. The third-order valence-electron chi connectivity index (χ3n) is 4.59. The molecule has 0 bridgehead atoms. The number of hydrogen-bond donors (Lipinski definition) is 0. The molecule has 0 saturated heterocycles. The van der Waals surface area contributed by atoms with E-state index in [0.717, 1.165) is 17.5 Å². The molecule has 0 saturated carbocycles. The lowest BCUT2D eigenvalue weighted by Gasteiger charge is -2.26. The number of amides is 1. The Bertz CT molecular complexity index is 1110. The van der Waals surface area contributed by atoms with Gasteiger partial charge in [-0.1, -0.05) is 19.9 Å². The number of carbonyl (C=O) groups is 1. The minimum atomic E-state index is -0.651. The quantitative estimate of drug-likeness (QED) is 0.555. The van der Waals surface area contributed by atoms with Gasteiger partial charge in [0.25, 0.3) is 0 Å². The summed E-state index contributed by atoms with van der Waals surface area (Å²) < 4.78 is 5.57. The van der Waals surface area contributed by atoms with E-state index in [0.29, 0.717) is 23.4 Å². The van der Waals surface area contributed by atoms with Crippen molar-refractivity contribution in [1.29, 1.82) is 5.26 Å². The number of hydrogen-bond acceptors (Lipinski definition) is 6. The van der Waals surface area contributed by atoms with Crippen LogP contribution in [0.15, 0.2) is 42.7 Å². The van der Waals surface area contributed by atoms with Crippen LogP contribution in [-0.4, -0.2) is 33.2 Å². The van der Waals surface area contributed by atoms with E-state index in [9.17, 15) is 10.1 Å². The largest absolute Gasteiger partial charge is 0.443 e. The van der Waals surface area contributed by atoms with Crippen molar-refractivity contribution in [2.75, 3.05) is 11.4 Å². The van der Waals surface area contributed by atoms with Crippen LogP contribution in [0.1, 0.15) is 46.7 Å². The number of anilines is 1. The Morgan fingerprint density at radius 2 is 1.84 bits per heavy atom. The van der Waals surface area contributed by atoms with Gasteiger partial charge >= 0.3 is 6.09 Å². The molecule has 1 aromatic carbocycles. The first-order valence-electron chi connectivity index (χ1n) is 10.3. The average molecular weight is 418 g/mol. The molecule has 3 rings (SSSR count). The standard InChI is InChI=1S/C24H27N5O2/c1-16(2)10-13-29(23(30)31-24(3,4)5)22-27-20-7-6-18(17-8-11-26-12-9-17)14-19(20)21(15-25)28-22/h6-9,11-12,14,16H,10,13H2,1-5H3. The Labute approximate surface area is 182 Å². The molecule has 0 atom stereocenters. The molecule has 2 aromatic heterocycles. The van der Waals surface area contributed by atoms with Crippen LogP contribution in [0.2, 0.25) is 0 Å². The highest BCUT2D eigenvalue weighted by Gasteiger charge is 2.26. The second-order valence-electron chi connectivity index (χ2n) is 8.77. The number of carbonyl (C=O) groups excluding carboxylic acids is 1. The summed E-state index contributed by atoms with van der Waals surface area (Å²) in [5.41, 5.74) is 2.08. The molecule has 2 heterocycles. The summed E-state index contributed by atoms with van der Waals surface area (Å²) in [6.07, 6.45) is 3.67. The summed E-state index contributed by atoms with van der Waals surface area (Å²) in [6.45, 7) is 10.0. The van der Waals surface area contributed by atoms with Gasteiger partial charge in [0.2, 0.25) is 5.95 Å². The fraction of sp³-hybridized carbons (Fsp3) is 0.375. The molecule has 0 unspecified atom stereocenters. The molecule has 0 radical (unpaired) electrons. The van der Waals surface area contributed by atoms with Gasteiger partial charge in [0.1, 0.15) is 11.7 Å². The molecular weight excluding hydrogens is 390 g/mol. The third kappa shape index (κ3) is 5.54. The molecule has 0 fully saturated rings. The monoisotopic (exact) mass is 417 g/mol. The second kappa shape index (κ2) is 9.09. The predicted octanol–water partition coefficient (Wildman–Crippen LogP) is 5.35. The van der Waals surface area contributed by atoms with Crippen LogP contribution < -0.4 is 4.90 Å². The van der Waals surface area contributed by atoms with Crippen molar-refractivity contribution in [3.05, 3.63) is 48.4 Å². The number of benzene rings is 1. The first kappa shape index (κ1) is 22.2. The molecule has 0 aliphatic carbocycles. The molecular formula is C24H27N5O2. The molecule has 0 aliphatic rings. The van der Waals surface area contributed by atoms with E-state index in [1.54, 1.807) is 12.4 Å². The van der Waals surface area contributed by atoms with Crippen LogP contribution in [0.25, 0.3) is 22.0 Å². The lowest BCUT2D eigenvalue weighted by atomic mass is 10.0. The van der Waals surface area contributed by atoms with Crippen molar-refractivity contribution in [2.45, 2.75) is 46.6 Å². The van der Waals surface area contributed by atoms with Gasteiger partial charge in [-0.2, -0.15) is 5.26 Å². The number of pyridine rings is 1. The maximum Gasteiger partial charge on any atom is 0.417 e. The second-order valence-corrected chi connectivity index (χ2v) is 8.77. The summed E-state index contributed by atoms with van der Waals surface area (Å²) in [5.74, 6) is 0.555. The summed E-state index contributed by atoms with van der Waals surface area (Å²) in [4.78, 5) is 27.4. The number of nitrogens with zero attached hydrogens (tertiary/aromatic N) is 5. The normalized spacial score (nSPS) is 11.4. The SMILES string of the molecule is CC(C)CCN(C(=O)OC(C)(C)C)c1nc(C#N)c2cc(-c3ccncc3)ccc2n1. The number of aromatic nitrogens is 3. The number of rotatable bonds is 5. The molecule has 3 aromatic rings. The zero-order valence-corrected chi connectivity index (χ0v) is 18.6. The maximum atomic E-state index is 12.9. The Balaban J connectivity index is 2.06. The van der Waals surface area contributed by atoms with Gasteiger partial charge in [0.15, 0.2) is 5.69 Å². The number of nitriles is 1. The van der Waals surface area contributed by atoms with Gasteiger partial charge in [-0.15, -0.1) is 0 Å². The summed E-state index contributed by atoms with van der Waals surface area (Å²) in [6, 6.07) is 11.6. The highest BCUT2D eigenvalue weighted by Crippen LogP contribution is 2.27. The van der Waals surface area contributed by atoms with Crippen LogP contribution in [0.5, 0.6) is 0 Å². The molecule has 7 nitrogen and oxygen atoms in total. The van der Waals surface area contributed by atoms with Crippen LogP contribution >= 0.6 is 0 Å². The van der Waals surface area contributed by atoms with Crippen molar-refractivity contribution in [1.82, 2.24) is 15.0 Å². The van der Waals surface area contributed by atoms with Crippen molar-refractivity contribution < 1.29 is 9.53 Å². The molecule has 1 amide bonds. The Morgan fingerprint density at radius 1 is 1.13 bits per heavy atom. The van der Waals surface area contributed by atoms with E-state index in [2.05, 4.69) is 34.9 Å². The molecule has 160 valence electrons. The zero-order chi connectivity index (χ0) is 22.6. The van der Waals surface area contributed by atoms with Crippen molar-refractivity contribution in [2.24, 2.45) is 5.92 Å². The van der Waals surface area contributed by atoms with Crippen LogP contribution in [0.3, 0.4) is 0 Å². The van der Waals surface area contributed by atoms with Crippen LogP contribution in [0, 0.1) is 17.2 Å². The van der Waals surface area contributed by atoms with Gasteiger partial charge < -0.3 is 4.74 Å². The predicted molar refractivity (Wildman–Crippen MR) is 121 cm³/mol. The van der Waals surface area contributed by atoms with Gasteiger partial charge in [-0.25, -0.2) is 19.7 Å². The highest BCUT2D eigenvalue weighted by atomic mass is 16.6. The summed E-state index contributed by atoms with van der Waals surface area (Å²) in [7, 11) is 0. The molecule has 31 heavy (non-hydrogen) atoms. The van der Waals surface area contributed by atoms with Gasteiger partial charge in [-0.05, 0) is 68.5 Å². The van der Waals surface area contributed by atoms with E-state index >= 15 is 0 Å². The third-order valence-corrected chi connectivity index (χ3v) is 4.59. The first-order valence-corrected chi connectivity index (χ1v) is 10.3. The summed E-state index contributed by atoms with van der Waals surface area (Å²) >= 11 is 0. The van der Waals surface area contributed by atoms with E-state index in [1.807, 2.05) is 51.1 Å². The van der Waals surface area contributed by atoms with E-state index in [1.165, 1.54) is 4.90 Å². The van der Waals surface area contributed by atoms with Crippen LogP contribution in [0.4, 0.5) is 10.7 Å². The Kier molecular flexibility index (Phi) is 6.50. The zero-order valence-electron chi connectivity index (χ0n) is 18.6. The van der Waals surface area contributed by atoms with E-state index in [-0.39, 0.29) is 11.6 Å². The molecule has 7 heteroatoms. The number of ether oxygens (including phenoxy) is 1. The van der Waals surface area contributed by atoms with Gasteiger partial charge in [0.05, 0.1) is 5.52 Å². The molecule has 0 aliphatic heterocycles. The highest BCUT2D eigenvalue weighted by molar-refractivity contribution is 5.91. The number of fused-ring (bicyclic) bond motifs is 1. The lowest BCUT2D eigenvalue weighted by Crippen LogP contribution is -2.39. The Morgan fingerprint density at radius 3 is 2.45 bits per heavy atom. The van der Waals surface area contributed by atoms with E-state index in [4.69, 9.17) is 4.74 Å². The first-order chi connectivity index (χ1) is 14.7. The molecule has 0 N–H and O–H groups in total. The topological polar surface area (TPSA) is 92.0 Å². The van der Waals surface area contributed by atoms with E-state index < -0.39 is 11.7 Å². The van der Waals surface area contributed by atoms with Crippen molar-refractivity contribution >= 4 is 22.9 Å². The maximum absolute atomic E-state index is 12.9. The lowest BCUT2D eigenvalue weighted by molar-refractivity contribution is 0.0576. The fourth-order valence-corrected chi connectivity index (χ4v) is 3.02. The minimum absolute atomic E-state index is 0.176. The average Bonchev–Trinajstić information content (AvgIpc) is 2.72. The van der Waals surface area contributed by atoms with Crippen LogP contribution in [-0.2, 0) is 4.74 Å². The van der Waals surface area contributed by atoms with Gasteiger partial charge in [-0.3, -0.25) is 4.98 Å². The van der Waals surface area contributed by atoms with Gasteiger partial charge in [0, 0.05) is 24.3 Å². The van der Waals surface area contributed by atoms with Crippen molar-refractivity contribution in [3.8, 4) is 17.2 Å². The van der Waals surface area contributed by atoms with Crippen molar-refractivity contribution in [3.63, 3.8) is 0 Å². The molecule has 0 spiro atoms.